The lowest BCUT2D eigenvalue weighted by Gasteiger charge is -2.51. The molecule has 0 spiro atoms. The standard InChI is InChI=1S/C32H33F6N3O5S/c1-2-6-25-30(46-20-17-26(47-19-20)32(36,37)38,10-5-14-41(25)27(43)21-18-39-13-9-22(21)31(33,34)35)28(44)40-15-11-29(45,12-16-40)23-7-3-4-8-24(23)42/h3-4,7-9,13,17-19,25,42,45H,2,5-6,10-12,14-16H2,1H3/t25-,30+/m1/s1. The molecular formula is C32H33F6N3O5S. The number of ether oxygens (including phenoxy) is 1. The predicted octanol–water partition coefficient (Wildman–Crippen LogP) is 6.62. The van der Waals surface area contributed by atoms with Crippen LogP contribution in [-0.2, 0) is 22.7 Å². The molecule has 0 saturated carbocycles. The van der Waals surface area contributed by atoms with Crippen LogP contribution in [0.25, 0.3) is 0 Å². The number of aliphatic hydroxyl groups is 1. The highest BCUT2D eigenvalue weighted by Crippen LogP contribution is 2.44. The largest absolute Gasteiger partial charge is 0.508 e. The van der Waals surface area contributed by atoms with Gasteiger partial charge in [-0.3, -0.25) is 14.6 Å². The SMILES string of the molecule is CCC[C@H]1N(C(=O)c2cnccc2C(F)(F)F)CCC[C@@]1(Oc1csc(C(F)(F)F)c1)C(=O)N1CCC(O)(c2ccccc2O)CC1. The average Bonchev–Trinajstić information content (AvgIpc) is 3.51. The van der Waals surface area contributed by atoms with Crippen LogP contribution < -0.4 is 4.74 Å². The van der Waals surface area contributed by atoms with Crippen molar-refractivity contribution in [2.75, 3.05) is 19.6 Å². The lowest BCUT2D eigenvalue weighted by atomic mass is 9.78. The summed E-state index contributed by atoms with van der Waals surface area (Å²) in [6.45, 7) is 1.66. The molecule has 0 bridgehead atoms. The molecule has 2 amide bonds. The highest BCUT2D eigenvalue weighted by Gasteiger charge is 2.56. The van der Waals surface area contributed by atoms with Gasteiger partial charge in [0.1, 0.15) is 16.4 Å². The quantitative estimate of drug-likeness (QED) is 0.271. The molecule has 2 aromatic heterocycles. The van der Waals surface area contributed by atoms with Crippen LogP contribution in [0.2, 0.25) is 0 Å². The number of aromatic hydroxyl groups is 1. The lowest BCUT2D eigenvalue weighted by molar-refractivity contribution is -0.163. The molecule has 3 aromatic rings. The fraction of sp³-hybridized carbons (Fsp3) is 0.469. The molecule has 8 nitrogen and oxygen atoms in total. The molecule has 2 fully saturated rings. The zero-order valence-corrected chi connectivity index (χ0v) is 26.1. The second-order valence-corrected chi connectivity index (χ2v) is 12.7. The van der Waals surface area contributed by atoms with E-state index in [9.17, 15) is 46.1 Å². The van der Waals surface area contributed by atoms with Gasteiger partial charge in [-0.25, -0.2) is 0 Å². The summed E-state index contributed by atoms with van der Waals surface area (Å²) in [7, 11) is 0. The molecule has 2 atom stereocenters. The minimum absolute atomic E-state index is 0.00871. The first-order chi connectivity index (χ1) is 22.1. The van der Waals surface area contributed by atoms with Gasteiger partial charge >= 0.3 is 12.4 Å². The molecule has 0 aliphatic carbocycles. The first-order valence-electron chi connectivity index (χ1n) is 15.1. The third kappa shape index (κ3) is 6.77. The van der Waals surface area contributed by atoms with Gasteiger partial charge in [-0.15, -0.1) is 11.3 Å². The van der Waals surface area contributed by atoms with Gasteiger partial charge in [0.05, 0.1) is 22.8 Å². The van der Waals surface area contributed by atoms with Crippen molar-refractivity contribution >= 4 is 23.2 Å². The van der Waals surface area contributed by atoms with Gasteiger partial charge in [0.15, 0.2) is 0 Å². The Morgan fingerprint density at radius 1 is 1.04 bits per heavy atom. The van der Waals surface area contributed by atoms with Crippen molar-refractivity contribution in [2.45, 2.75) is 75.0 Å². The van der Waals surface area contributed by atoms with Crippen molar-refractivity contribution in [1.82, 2.24) is 14.8 Å². The van der Waals surface area contributed by atoms with E-state index in [1.54, 1.807) is 25.1 Å². The highest BCUT2D eigenvalue weighted by molar-refractivity contribution is 7.10. The number of hydrogen-bond acceptors (Lipinski definition) is 7. The van der Waals surface area contributed by atoms with E-state index in [0.29, 0.717) is 23.8 Å². The van der Waals surface area contributed by atoms with E-state index in [1.807, 2.05) is 0 Å². The van der Waals surface area contributed by atoms with Crippen LogP contribution in [-0.4, -0.2) is 68.1 Å². The van der Waals surface area contributed by atoms with Crippen LogP contribution in [0.4, 0.5) is 26.3 Å². The van der Waals surface area contributed by atoms with Gasteiger partial charge in [0, 0.05) is 55.5 Å². The second kappa shape index (κ2) is 13.0. The number of phenolic OH excluding ortho intramolecular Hbond substituents is 1. The molecule has 47 heavy (non-hydrogen) atoms. The van der Waals surface area contributed by atoms with Gasteiger partial charge in [-0.1, -0.05) is 31.5 Å². The molecule has 0 radical (unpaired) electrons. The molecule has 2 aliphatic rings. The third-order valence-electron chi connectivity index (χ3n) is 8.84. The number of carbonyl (C=O) groups is 2. The number of halogens is 6. The number of pyridine rings is 1. The molecular weight excluding hydrogens is 652 g/mol. The van der Waals surface area contributed by atoms with E-state index in [1.165, 1.54) is 11.0 Å². The summed E-state index contributed by atoms with van der Waals surface area (Å²) >= 11 is 0.368. The van der Waals surface area contributed by atoms with Crippen molar-refractivity contribution in [2.24, 2.45) is 0 Å². The number of aromatic nitrogens is 1. The van der Waals surface area contributed by atoms with E-state index in [2.05, 4.69) is 4.98 Å². The van der Waals surface area contributed by atoms with E-state index >= 15 is 0 Å². The highest BCUT2D eigenvalue weighted by atomic mass is 32.1. The van der Waals surface area contributed by atoms with Gasteiger partial charge in [-0.05, 0) is 37.8 Å². The lowest BCUT2D eigenvalue weighted by Crippen LogP contribution is -2.68. The monoisotopic (exact) mass is 685 g/mol. The number of amides is 2. The maximum absolute atomic E-state index is 14.6. The van der Waals surface area contributed by atoms with E-state index in [0.717, 1.165) is 28.7 Å². The summed E-state index contributed by atoms with van der Waals surface area (Å²) in [5.41, 5.74) is -5.07. The Morgan fingerprint density at radius 3 is 2.36 bits per heavy atom. The van der Waals surface area contributed by atoms with Crippen molar-refractivity contribution in [1.29, 1.82) is 0 Å². The Balaban J connectivity index is 1.54. The summed E-state index contributed by atoms with van der Waals surface area (Å²) in [6.07, 6.45) is -7.30. The third-order valence-corrected chi connectivity index (χ3v) is 9.79. The summed E-state index contributed by atoms with van der Waals surface area (Å²) < 4.78 is 88.7. The van der Waals surface area contributed by atoms with Crippen LogP contribution in [0, 0.1) is 0 Å². The molecule has 15 heteroatoms. The summed E-state index contributed by atoms with van der Waals surface area (Å²) in [5.74, 6) is -2.07. The van der Waals surface area contributed by atoms with E-state index in [-0.39, 0.29) is 68.8 Å². The maximum Gasteiger partial charge on any atom is 0.425 e. The molecule has 4 heterocycles. The average molecular weight is 686 g/mol. The summed E-state index contributed by atoms with van der Waals surface area (Å²) in [5, 5.41) is 22.9. The molecule has 5 rings (SSSR count). The van der Waals surface area contributed by atoms with Crippen molar-refractivity contribution in [3.8, 4) is 11.5 Å². The number of alkyl halides is 6. The first kappa shape index (κ1) is 34.5. The number of nitrogens with zero attached hydrogens (tertiary/aromatic N) is 3. The molecule has 2 aliphatic heterocycles. The number of likely N-dealkylation sites (tertiary alicyclic amines) is 2. The number of para-hydroxylation sites is 1. The minimum Gasteiger partial charge on any atom is -0.508 e. The van der Waals surface area contributed by atoms with Crippen molar-refractivity contribution in [3.05, 3.63) is 75.7 Å². The Bertz CT molecular complexity index is 1600. The number of carbonyl (C=O) groups excluding carboxylic acids is 2. The van der Waals surface area contributed by atoms with Gasteiger partial charge in [0.25, 0.3) is 11.8 Å². The van der Waals surface area contributed by atoms with Crippen LogP contribution in [0.1, 0.15) is 71.8 Å². The fourth-order valence-corrected chi connectivity index (χ4v) is 7.26. The molecule has 0 unspecified atom stereocenters. The van der Waals surface area contributed by atoms with Crippen molar-refractivity contribution in [3.63, 3.8) is 0 Å². The smallest absolute Gasteiger partial charge is 0.425 e. The fourth-order valence-electron chi connectivity index (χ4n) is 6.59. The van der Waals surface area contributed by atoms with Gasteiger partial charge < -0.3 is 24.7 Å². The summed E-state index contributed by atoms with van der Waals surface area (Å²) in [6, 6.07) is 6.55. The second-order valence-electron chi connectivity index (χ2n) is 11.8. The Kier molecular flexibility index (Phi) is 9.52. The zero-order valence-electron chi connectivity index (χ0n) is 25.3. The number of piperidine rings is 2. The van der Waals surface area contributed by atoms with Crippen molar-refractivity contribution < 1.29 is 50.9 Å². The Labute approximate surface area is 270 Å². The van der Waals surface area contributed by atoms with Crippen LogP contribution in [0.15, 0.2) is 54.2 Å². The Morgan fingerprint density at radius 2 is 1.74 bits per heavy atom. The molecule has 2 saturated heterocycles. The normalized spacial score (nSPS) is 21.8. The van der Waals surface area contributed by atoms with Crippen LogP contribution in [0.5, 0.6) is 11.5 Å². The molecule has 2 N–H and O–H groups in total. The van der Waals surface area contributed by atoms with E-state index in [4.69, 9.17) is 4.74 Å². The zero-order chi connectivity index (χ0) is 34.2. The van der Waals surface area contributed by atoms with Gasteiger partial charge in [-0.2, -0.15) is 26.3 Å². The van der Waals surface area contributed by atoms with Gasteiger partial charge in [0.2, 0.25) is 5.60 Å². The molecule has 254 valence electrons. The number of thiophene rings is 1. The maximum atomic E-state index is 14.6. The van der Waals surface area contributed by atoms with Crippen LogP contribution >= 0.6 is 11.3 Å². The number of phenols is 1. The number of rotatable bonds is 7. The topological polar surface area (TPSA) is 103 Å². The predicted molar refractivity (Wildman–Crippen MR) is 159 cm³/mol. The Hall–Kier alpha value is -3.85. The summed E-state index contributed by atoms with van der Waals surface area (Å²) in [4.78, 5) is 33.8. The van der Waals surface area contributed by atoms with Crippen LogP contribution in [0.3, 0.4) is 0 Å². The minimum atomic E-state index is -4.88. The van der Waals surface area contributed by atoms with E-state index < -0.39 is 57.4 Å². The number of benzene rings is 1. The molecule has 1 aromatic carbocycles. The number of hydrogen-bond donors (Lipinski definition) is 2. The first-order valence-corrected chi connectivity index (χ1v) is 16.0.